The van der Waals surface area contributed by atoms with E-state index >= 15 is 0 Å². The molecule has 1 saturated heterocycles. The minimum Gasteiger partial charge on any atom is -0.336 e. The van der Waals surface area contributed by atoms with E-state index in [9.17, 15) is 4.79 Å². The number of nitrogens with two attached hydrogens (primary N) is 1. The maximum Gasteiger partial charge on any atom is 0.265 e. The molecule has 4 nitrogen and oxygen atoms in total. The van der Waals surface area contributed by atoms with Gasteiger partial charge in [-0.05, 0) is 18.1 Å². The summed E-state index contributed by atoms with van der Waals surface area (Å²) in [6.45, 7) is 3.17. The Morgan fingerprint density at radius 2 is 1.78 bits per heavy atom. The van der Waals surface area contributed by atoms with E-state index in [4.69, 9.17) is 5.73 Å². The highest BCUT2D eigenvalue weighted by Crippen LogP contribution is 2.29. The zero-order chi connectivity index (χ0) is 18.8. The molecule has 0 saturated carbocycles. The van der Waals surface area contributed by atoms with Crippen molar-refractivity contribution in [3.05, 3.63) is 87.4 Å². The largest absolute Gasteiger partial charge is 0.336 e. The van der Waals surface area contributed by atoms with Gasteiger partial charge in [0.05, 0.1) is 10.7 Å². The highest BCUT2D eigenvalue weighted by Gasteiger charge is 2.35. The number of likely N-dealkylation sites (tertiary alicyclic amines) is 1. The lowest BCUT2D eigenvalue weighted by molar-refractivity contribution is 0.0793. The molecular formula is C22H23N3OS. The summed E-state index contributed by atoms with van der Waals surface area (Å²) in [5, 5.41) is 0.977. The number of aryl methyl sites for hydroxylation is 1. The monoisotopic (exact) mass is 377 g/mol. The van der Waals surface area contributed by atoms with Gasteiger partial charge in [0, 0.05) is 31.5 Å². The van der Waals surface area contributed by atoms with Crippen LogP contribution >= 0.6 is 11.3 Å². The Hall–Kier alpha value is -2.50. The van der Waals surface area contributed by atoms with Gasteiger partial charge in [0.25, 0.3) is 5.91 Å². The summed E-state index contributed by atoms with van der Waals surface area (Å²) in [5.74, 6) is 0.241. The van der Waals surface area contributed by atoms with Crippen LogP contribution in [0.15, 0.2) is 60.7 Å². The van der Waals surface area contributed by atoms with E-state index in [1.165, 1.54) is 22.5 Å². The average molecular weight is 378 g/mol. The van der Waals surface area contributed by atoms with Crippen molar-refractivity contribution in [3.63, 3.8) is 0 Å². The SMILES string of the molecule is Cc1nc(Cc2ccccc2)sc1C(=O)N1C[C@@H](N)[C@H](c2ccccc2)C1. The normalized spacial score (nSPS) is 19.4. The molecule has 0 unspecified atom stereocenters. The molecule has 2 aromatic carbocycles. The van der Waals surface area contributed by atoms with Crippen molar-refractivity contribution in [2.75, 3.05) is 13.1 Å². The maximum absolute atomic E-state index is 13.1. The molecule has 0 aliphatic carbocycles. The van der Waals surface area contributed by atoms with E-state index in [-0.39, 0.29) is 17.9 Å². The average Bonchev–Trinajstić information content (AvgIpc) is 3.25. The van der Waals surface area contributed by atoms with Crippen LogP contribution in [0.5, 0.6) is 0 Å². The van der Waals surface area contributed by atoms with E-state index < -0.39 is 0 Å². The van der Waals surface area contributed by atoms with Crippen molar-refractivity contribution in [2.24, 2.45) is 5.73 Å². The molecule has 1 aliphatic heterocycles. The molecule has 2 atom stereocenters. The van der Waals surface area contributed by atoms with Crippen molar-refractivity contribution in [1.29, 1.82) is 0 Å². The van der Waals surface area contributed by atoms with Gasteiger partial charge in [0.15, 0.2) is 0 Å². The van der Waals surface area contributed by atoms with Gasteiger partial charge in [-0.1, -0.05) is 60.7 Å². The third-order valence-corrected chi connectivity index (χ3v) is 6.26. The summed E-state index contributed by atoms with van der Waals surface area (Å²) in [5.41, 5.74) is 9.58. The molecule has 0 spiro atoms. The van der Waals surface area contributed by atoms with Crippen LogP contribution in [0.2, 0.25) is 0 Å². The fourth-order valence-electron chi connectivity index (χ4n) is 3.69. The second kappa shape index (κ2) is 7.62. The number of rotatable bonds is 4. The van der Waals surface area contributed by atoms with Crippen molar-refractivity contribution < 1.29 is 4.79 Å². The number of aromatic nitrogens is 1. The number of hydrogen-bond acceptors (Lipinski definition) is 4. The minimum atomic E-state index is -0.0339. The highest BCUT2D eigenvalue weighted by molar-refractivity contribution is 7.13. The summed E-state index contributed by atoms with van der Waals surface area (Å²) >= 11 is 1.50. The summed E-state index contributed by atoms with van der Waals surface area (Å²) in [4.78, 5) is 20.4. The molecule has 138 valence electrons. The van der Waals surface area contributed by atoms with E-state index in [0.717, 1.165) is 22.0 Å². The van der Waals surface area contributed by atoms with E-state index in [0.29, 0.717) is 13.1 Å². The quantitative estimate of drug-likeness (QED) is 0.756. The second-order valence-electron chi connectivity index (χ2n) is 7.08. The Labute approximate surface area is 163 Å². The van der Waals surface area contributed by atoms with Gasteiger partial charge in [-0.15, -0.1) is 11.3 Å². The van der Waals surface area contributed by atoms with Crippen LogP contribution in [0.4, 0.5) is 0 Å². The van der Waals surface area contributed by atoms with Crippen LogP contribution in [0, 0.1) is 6.92 Å². The first-order chi connectivity index (χ1) is 13.1. The molecule has 1 aliphatic rings. The zero-order valence-electron chi connectivity index (χ0n) is 15.3. The van der Waals surface area contributed by atoms with Crippen LogP contribution in [-0.2, 0) is 6.42 Å². The molecule has 0 bridgehead atoms. The molecule has 27 heavy (non-hydrogen) atoms. The standard InChI is InChI=1S/C22H23N3OS/c1-15-21(27-20(24-15)12-16-8-4-2-5-9-16)22(26)25-13-18(19(23)14-25)17-10-6-3-7-11-17/h2-11,18-19H,12-14,23H2,1H3/t18-,19+/m0/s1. The maximum atomic E-state index is 13.1. The summed E-state index contributed by atoms with van der Waals surface area (Å²) < 4.78 is 0. The van der Waals surface area contributed by atoms with E-state index in [2.05, 4.69) is 29.2 Å². The van der Waals surface area contributed by atoms with Crippen LogP contribution in [0.3, 0.4) is 0 Å². The first kappa shape index (κ1) is 17.9. The van der Waals surface area contributed by atoms with Gasteiger partial charge >= 0.3 is 0 Å². The third-order valence-electron chi connectivity index (χ3n) is 5.11. The number of thiazole rings is 1. The predicted octanol–water partition coefficient (Wildman–Crippen LogP) is 3.61. The van der Waals surface area contributed by atoms with Gasteiger partial charge in [-0.25, -0.2) is 4.98 Å². The Morgan fingerprint density at radius 1 is 1.11 bits per heavy atom. The van der Waals surface area contributed by atoms with Gasteiger partial charge in [-0.2, -0.15) is 0 Å². The van der Waals surface area contributed by atoms with Gasteiger partial charge in [-0.3, -0.25) is 4.79 Å². The first-order valence-corrected chi connectivity index (χ1v) is 10.0. The first-order valence-electron chi connectivity index (χ1n) is 9.22. The number of carbonyl (C=O) groups is 1. The molecule has 3 aromatic rings. The Morgan fingerprint density at radius 3 is 2.48 bits per heavy atom. The Kier molecular flexibility index (Phi) is 5.05. The van der Waals surface area contributed by atoms with Crippen molar-refractivity contribution in [2.45, 2.75) is 25.3 Å². The van der Waals surface area contributed by atoms with Crippen LogP contribution in [-0.4, -0.2) is 34.9 Å². The topological polar surface area (TPSA) is 59.2 Å². The predicted molar refractivity (Wildman–Crippen MR) is 109 cm³/mol. The summed E-state index contributed by atoms with van der Waals surface area (Å²) in [7, 11) is 0. The van der Waals surface area contributed by atoms with Crippen molar-refractivity contribution >= 4 is 17.2 Å². The fraction of sp³-hybridized carbons (Fsp3) is 0.273. The minimum absolute atomic E-state index is 0.0339. The molecule has 0 radical (unpaired) electrons. The Balaban J connectivity index is 1.50. The number of benzene rings is 2. The van der Waals surface area contributed by atoms with Crippen LogP contribution < -0.4 is 5.73 Å². The molecule has 4 rings (SSSR count). The summed E-state index contributed by atoms with van der Waals surface area (Å²) in [6.07, 6.45) is 0.756. The number of nitrogens with zero attached hydrogens (tertiary/aromatic N) is 2. The van der Waals surface area contributed by atoms with Crippen LogP contribution in [0.25, 0.3) is 0 Å². The molecule has 1 amide bonds. The zero-order valence-corrected chi connectivity index (χ0v) is 16.2. The summed E-state index contributed by atoms with van der Waals surface area (Å²) in [6, 6.07) is 20.4. The third kappa shape index (κ3) is 3.80. The lowest BCUT2D eigenvalue weighted by Crippen LogP contribution is -2.32. The number of carbonyl (C=O) groups excluding carboxylic acids is 1. The number of hydrogen-bond donors (Lipinski definition) is 1. The van der Waals surface area contributed by atoms with Crippen molar-refractivity contribution in [1.82, 2.24) is 9.88 Å². The molecule has 1 aromatic heterocycles. The molecule has 2 N–H and O–H groups in total. The highest BCUT2D eigenvalue weighted by atomic mass is 32.1. The fourth-order valence-corrected chi connectivity index (χ4v) is 4.75. The Bertz CT molecular complexity index is 923. The lowest BCUT2D eigenvalue weighted by atomic mass is 9.95. The van der Waals surface area contributed by atoms with Gasteiger partial charge in [0.2, 0.25) is 0 Å². The molecular weight excluding hydrogens is 354 g/mol. The van der Waals surface area contributed by atoms with Gasteiger partial charge < -0.3 is 10.6 Å². The van der Waals surface area contributed by atoms with Crippen LogP contribution in [0.1, 0.15) is 37.4 Å². The van der Waals surface area contributed by atoms with E-state index in [1.807, 2.05) is 48.2 Å². The lowest BCUT2D eigenvalue weighted by Gasteiger charge is -2.16. The second-order valence-corrected chi connectivity index (χ2v) is 8.16. The van der Waals surface area contributed by atoms with E-state index in [1.54, 1.807) is 0 Å². The molecule has 5 heteroatoms. The smallest absolute Gasteiger partial charge is 0.265 e. The number of amides is 1. The molecule has 2 heterocycles. The van der Waals surface area contributed by atoms with Gasteiger partial charge in [0.1, 0.15) is 4.88 Å². The molecule has 1 fully saturated rings. The van der Waals surface area contributed by atoms with Crippen molar-refractivity contribution in [3.8, 4) is 0 Å².